The van der Waals surface area contributed by atoms with Crippen LogP contribution in [0.5, 0.6) is 0 Å². The van der Waals surface area contributed by atoms with Crippen LogP contribution in [0.4, 0.5) is 4.39 Å². The van der Waals surface area contributed by atoms with Gasteiger partial charge in [0.25, 0.3) is 11.8 Å². The third-order valence-electron chi connectivity index (χ3n) is 7.09. The molecule has 2 heterocycles. The van der Waals surface area contributed by atoms with Crippen molar-refractivity contribution in [3.8, 4) is 0 Å². The van der Waals surface area contributed by atoms with E-state index in [4.69, 9.17) is 0 Å². The average molecular weight is 493 g/mol. The number of benzene rings is 2. The molecule has 7 nitrogen and oxygen atoms in total. The summed E-state index contributed by atoms with van der Waals surface area (Å²) in [5.41, 5.74) is 2.53. The lowest BCUT2D eigenvalue weighted by atomic mass is 10.0. The molecule has 190 valence electrons. The van der Waals surface area contributed by atoms with Crippen molar-refractivity contribution in [2.45, 2.75) is 46.3 Å². The lowest BCUT2D eigenvalue weighted by molar-refractivity contribution is -0.126. The number of fused-ring (bicyclic) bond motifs is 1. The predicted molar refractivity (Wildman–Crippen MR) is 137 cm³/mol. The minimum atomic E-state index is -0.573. The number of amides is 2. The Kier molecular flexibility index (Phi) is 7.54. The van der Waals surface area contributed by atoms with E-state index in [0.29, 0.717) is 43.7 Å². The van der Waals surface area contributed by atoms with Crippen LogP contribution in [0, 0.1) is 5.82 Å². The Morgan fingerprint density at radius 3 is 2.36 bits per heavy atom. The number of nitrogens with zero attached hydrogens (tertiary/aromatic N) is 3. The molecule has 2 unspecified atom stereocenters. The van der Waals surface area contributed by atoms with Crippen LogP contribution >= 0.6 is 0 Å². The molecule has 1 saturated heterocycles. The first-order chi connectivity index (χ1) is 17.2. The summed E-state index contributed by atoms with van der Waals surface area (Å²) in [6, 6.07) is 11.6. The van der Waals surface area contributed by atoms with Crippen molar-refractivity contribution in [3.05, 3.63) is 71.2 Å². The molecule has 1 aromatic heterocycles. The molecular weight excluding hydrogens is 459 g/mol. The fraction of sp³-hybridized carbons (Fsp3) is 0.393. The second-order valence-corrected chi connectivity index (χ2v) is 9.48. The summed E-state index contributed by atoms with van der Waals surface area (Å²) in [4.78, 5) is 47.8. The Balaban J connectivity index is 1.53. The van der Waals surface area contributed by atoms with E-state index in [1.165, 1.54) is 17.0 Å². The number of rotatable bonds is 7. The smallest absolute Gasteiger partial charge is 0.294 e. The summed E-state index contributed by atoms with van der Waals surface area (Å²) in [6.07, 6.45) is 1.68. The van der Waals surface area contributed by atoms with Gasteiger partial charge in [-0.25, -0.2) is 4.39 Å². The first-order valence-corrected chi connectivity index (χ1v) is 12.5. The van der Waals surface area contributed by atoms with E-state index in [-0.39, 0.29) is 29.4 Å². The Bertz CT molecular complexity index is 1270. The van der Waals surface area contributed by atoms with Gasteiger partial charge in [0.05, 0.1) is 5.56 Å². The average Bonchev–Trinajstić information content (AvgIpc) is 3.30. The number of hydrogen-bond donors (Lipinski definition) is 1. The van der Waals surface area contributed by atoms with Crippen LogP contribution in [-0.4, -0.2) is 75.5 Å². The quantitative estimate of drug-likeness (QED) is 0.398. The standard InChI is InChI=1S/C28H33FN4O3/c1-5-31(6-2)28(36)26(34)21-9-12-25-23(13-21)24(14-30-25)27(35)33-16-18(3)32(15-19(33)4)17-20-7-10-22(29)11-8-20/h7-14,18-19,30H,5-6,15-17H2,1-4H3. The zero-order valence-corrected chi connectivity index (χ0v) is 21.3. The summed E-state index contributed by atoms with van der Waals surface area (Å²) < 4.78 is 13.3. The number of ketones is 1. The second-order valence-electron chi connectivity index (χ2n) is 9.48. The Morgan fingerprint density at radius 1 is 1.00 bits per heavy atom. The number of H-pyrrole nitrogens is 1. The fourth-order valence-corrected chi connectivity index (χ4v) is 4.90. The molecule has 4 rings (SSSR count). The van der Waals surface area contributed by atoms with E-state index in [0.717, 1.165) is 11.1 Å². The Hall–Kier alpha value is -3.52. The number of halogens is 1. The van der Waals surface area contributed by atoms with Gasteiger partial charge in [0.1, 0.15) is 5.82 Å². The van der Waals surface area contributed by atoms with Crippen LogP contribution in [0.25, 0.3) is 10.9 Å². The Morgan fingerprint density at radius 2 is 1.69 bits per heavy atom. The molecule has 0 saturated carbocycles. The van der Waals surface area contributed by atoms with Crippen molar-refractivity contribution in [1.82, 2.24) is 19.7 Å². The third kappa shape index (κ3) is 5.04. The zero-order chi connectivity index (χ0) is 26.0. The molecule has 1 N–H and O–H groups in total. The molecular formula is C28H33FN4O3. The SMILES string of the molecule is CCN(CC)C(=O)C(=O)c1ccc2[nH]cc(C(=O)N3CC(C)N(Cc4ccc(F)cc4)CC3C)c2c1. The van der Waals surface area contributed by atoms with E-state index >= 15 is 0 Å². The molecule has 0 spiro atoms. The lowest BCUT2D eigenvalue weighted by Gasteiger charge is -2.44. The number of carbonyl (C=O) groups is 3. The highest BCUT2D eigenvalue weighted by atomic mass is 19.1. The molecule has 8 heteroatoms. The molecule has 2 amide bonds. The molecule has 2 atom stereocenters. The molecule has 0 radical (unpaired) electrons. The molecule has 1 fully saturated rings. The van der Waals surface area contributed by atoms with Gasteiger partial charge in [-0.3, -0.25) is 19.3 Å². The number of Topliss-reactive ketones (excluding diaryl/α,β-unsaturated/α-hetero) is 1. The summed E-state index contributed by atoms with van der Waals surface area (Å²) in [5, 5.41) is 0.631. The maximum Gasteiger partial charge on any atom is 0.294 e. The minimum absolute atomic E-state index is 0.0341. The van der Waals surface area contributed by atoms with E-state index < -0.39 is 11.7 Å². The number of aromatic nitrogens is 1. The van der Waals surface area contributed by atoms with Gasteiger partial charge in [-0.1, -0.05) is 12.1 Å². The van der Waals surface area contributed by atoms with Gasteiger partial charge in [0.15, 0.2) is 0 Å². The van der Waals surface area contributed by atoms with Crippen LogP contribution in [0.15, 0.2) is 48.7 Å². The largest absolute Gasteiger partial charge is 0.360 e. The van der Waals surface area contributed by atoms with Gasteiger partial charge >= 0.3 is 0 Å². The minimum Gasteiger partial charge on any atom is -0.360 e. The second kappa shape index (κ2) is 10.6. The number of nitrogens with one attached hydrogen (secondary N) is 1. The van der Waals surface area contributed by atoms with E-state index in [1.807, 2.05) is 25.7 Å². The number of likely N-dealkylation sites (N-methyl/N-ethyl adjacent to an activating group) is 1. The van der Waals surface area contributed by atoms with Gasteiger partial charge in [0, 0.05) is 67.5 Å². The van der Waals surface area contributed by atoms with Gasteiger partial charge in [-0.15, -0.1) is 0 Å². The molecule has 0 bridgehead atoms. The number of piperazine rings is 1. The van der Waals surface area contributed by atoms with E-state index in [1.54, 1.807) is 36.5 Å². The first-order valence-electron chi connectivity index (χ1n) is 12.5. The molecule has 1 aliphatic heterocycles. The molecule has 2 aromatic carbocycles. The van der Waals surface area contributed by atoms with Gasteiger partial charge in [0.2, 0.25) is 5.78 Å². The Labute approximate surface area is 210 Å². The van der Waals surface area contributed by atoms with Crippen molar-refractivity contribution < 1.29 is 18.8 Å². The van der Waals surface area contributed by atoms with E-state index in [2.05, 4.69) is 16.8 Å². The third-order valence-corrected chi connectivity index (χ3v) is 7.09. The topological polar surface area (TPSA) is 76.7 Å². The maximum atomic E-state index is 13.6. The maximum absolute atomic E-state index is 13.6. The molecule has 36 heavy (non-hydrogen) atoms. The predicted octanol–water partition coefficient (Wildman–Crippen LogP) is 4.09. The van der Waals surface area contributed by atoms with Crippen LogP contribution in [0.1, 0.15) is 54.0 Å². The van der Waals surface area contributed by atoms with Crippen molar-refractivity contribution in [1.29, 1.82) is 0 Å². The van der Waals surface area contributed by atoms with Crippen LogP contribution in [0.2, 0.25) is 0 Å². The van der Waals surface area contributed by atoms with Crippen molar-refractivity contribution in [2.24, 2.45) is 0 Å². The summed E-state index contributed by atoms with van der Waals surface area (Å²) in [6.45, 7) is 10.6. The summed E-state index contributed by atoms with van der Waals surface area (Å²) in [5.74, 6) is -1.47. The molecule has 3 aromatic rings. The molecule has 0 aliphatic carbocycles. The normalized spacial score (nSPS) is 18.4. The van der Waals surface area contributed by atoms with Gasteiger partial charge in [-0.2, -0.15) is 0 Å². The summed E-state index contributed by atoms with van der Waals surface area (Å²) >= 11 is 0. The van der Waals surface area contributed by atoms with Crippen molar-refractivity contribution in [2.75, 3.05) is 26.2 Å². The first kappa shape index (κ1) is 25.6. The number of hydrogen-bond acceptors (Lipinski definition) is 4. The zero-order valence-electron chi connectivity index (χ0n) is 21.3. The summed E-state index contributed by atoms with van der Waals surface area (Å²) in [7, 11) is 0. The van der Waals surface area contributed by atoms with E-state index in [9.17, 15) is 18.8 Å². The fourth-order valence-electron chi connectivity index (χ4n) is 4.90. The highest BCUT2D eigenvalue weighted by Gasteiger charge is 2.33. The van der Waals surface area contributed by atoms with Crippen LogP contribution in [0.3, 0.4) is 0 Å². The van der Waals surface area contributed by atoms with Gasteiger partial charge < -0.3 is 14.8 Å². The monoisotopic (exact) mass is 492 g/mol. The lowest BCUT2D eigenvalue weighted by Crippen LogP contribution is -2.57. The number of carbonyl (C=O) groups excluding carboxylic acids is 3. The van der Waals surface area contributed by atoms with Gasteiger partial charge in [-0.05, 0) is 63.6 Å². The number of aromatic amines is 1. The van der Waals surface area contributed by atoms with Crippen LogP contribution < -0.4 is 0 Å². The van der Waals surface area contributed by atoms with Crippen LogP contribution in [-0.2, 0) is 11.3 Å². The highest BCUT2D eigenvalue weighted by molar-refractivity contribution is 6.43. The van der Waals surface area contributed by atoms with Crippen molar-refractivity contribution >= 4 is 28.5 Å². The highest BCUT2D eigenvalue weighted by Crippen LogP contribution is 2.25. The molecule has 1 aliphatic rings. The van der Waals surface area contributed by atoms with Crippen molar-refractivity contribution in [3.63, 3.8) is 0 Å².